The van der Waals surface area contributed by atoms with Crippen LogP contribution < -0.4 is 4.74 Å². The van der Waals surface area contributed by atoms with Gasteiger partial charge in [-0.15, -0.1) is 0 Å². The van der Waals surface area contributed by atoms with Crippen LogP contribution >= 0.6 is 0 Å². The van der Waals surface area contributed by atoms with E-state index in [1.165, 1.54) is 7.11 Å². The molecule has 0 bridgehead atoms. The maximum atomic E-state index is 14.0. The van der Waals surface area contributed by atoms with Gasteiger partial charge < -0.3 is 4.74 Å². The number of benzene rings is 1. The Morgan fingerprint density at radius 1 is 1.35 bits per heavy atom. The lowest BCUT2D eigenvalue weighted by Crippen LogP contribution is -2.16. The standard InChI is InChI=1S/C13H15F2NO/c1-9-7-10(2)12(11(8-9)17-3)13(14,15)5-4-6-16/h7-8H,4-5H2,1-3H3. The van der Waals surface area contributed by atoms with E-state index < -0.39 is 12.3 Å². The maximum absolute atomic E-state index is 14.0. The molecule has 1 aromatic rings. The summed E-state index contributed by atoms with van der Waals surface area (Å²) in [6.45, 7) is 3.46. The van der Waals surface area contributed by atoms with Crippen LogP contribution in [-0.4, -0.2) is 7.11 Å². The van der Waals surface area contributed by atoms with Gasteiger partial charge in [0.25, 0.3) is 5.92 Å². The highest BCUT2D eigenvalue weighted by molar-refractivity contribution is 5.45. The third-order valence-corrected chi connectivity index (χ3v) is 2.58. The van der Waals surface area contributed by atoms with Gasteiger partial charge >= 0.3 is 0 Å². The van der Waals surface area contributed by atoms with E-state index in [2.05, 4.69) is 0 Å². The summed E-state index contributed by atoms with van der Waals surface area (Å²) in [4.78, 5) is 0. The van der Waals surface area contributed by atoms with Crippen LogP contribution in [0.2, 0.25) is 0 Å². The van der Waals surface area contributed by atoms with Crippen LogP contribution in [0.5, 0.6) is 5.75 Å². The zero-order valence-corrected chi connectivity index (χ0v) is 10.2. The molecule has 0 saturated carbocycles. The Morgan fingerprint density at radius 3 is 2.53 bits per heavy atom. The van der Waals surface area contributed by atoms with E-state index in [9.17, 15) is 8.78 Å². The minimum atomic E-state index is -3.03. The summed E-state index contributed by atoms with van der Waals surface area (Å²) in [5, 5.41) is 8.40. The van der Waals surface area contributed by atoms with Crippen molar-refractivity contribution in [3.8, 4) is 11.8 Å². The number of hydrogen-bond acceptors (Lipinski definition) is 2. The normalized spacial score (nSPS) is 11.1. The van der Waals surface area contributed by atoms with Crippen LogP contribution in [0.1, 0.15) is 29.5 Å². The molecule has 0 aliphatic heterocycles. The zero-order chi connectivity index (χ0) is 13.1. The van der Waals surface area contributed by atoms with Gasteiger partial charge in [-0.25, -0.2) is 8.78 Å². The lowest BCUT2D eigenvalue weighted by molar-refractivity contribution is -0.0146. The Hall–Kier alpha value is -1.63. The van der Waals surface area contributed by atoms with Crippen molar-refractivity contribution < 1.29 is 13.5 Å². The van der Waals surface area contributed by atoms with Crippen molar-refractivity contribution in [1.82, 2.24) is 0 Å². The molecule has 92 valence electrons. The van der Waals surface area contributed by atoms with Gasteiger partial charge in [-0.2, -0.15) is 5.26 Å². The predicted octanol–water partition coefficient (Wildman–Crippen LogP) is 3.71. The third-order valence-electron chi connectivity index (χ3n) is 2.58. The smallest absolute Gasteiger partial charge is 0.278 e. The molecule has 0 aliphatic carbocycles. The van der Waals surface area contributed by atoms with Crippen molar-refractivity contribution in [2.24, 2.45) is 0 Å². The van der Waals surface area contributed by atoms with Crippen LogP contribution in [0.15, 0.2) is 12.1 Å². The second-order valence-electron chi connectivity index (χ2n) is 4.02. The molecule has 0 spiro atoms. The summed E-state index contributed by atoms with van der Waals surface area (Å²) in [5.41, 5.74) is 1.25. The van der Waals surface area contributed by atoms with E-state index in [1.807, 2.05) is 6.92 Å². The second-order valence-corrected chi connectivity index (χ2v) is 4.02. The van der Waals surface area contributed by atoms with Crippen LogP contribution in [0.4, 0.5) is 8.78 Å². The summed E-state index contributed by atoms with van der Waals surface area (Å²) in [5.74, 6) is -2.84. The summed E-state index contributed by atoms with van der Waals surface area (Å²) >= 11 is 0. The number of nitriles is 1. The lowest BCUT2D eigenvalue weighted by Gasteiger charge is -2.21. The minimum absolute atomic E-state index is 0.110. The van der Waals surface area contributed by atoms with E-state index in [0.29, 0.717) is 5.56 Å². The Morgan fingerprint density at radius 2 is 2.00 bits per heavy atom. The van der Waals surface area contributed by atoms with Gasteiger partial charge in [-0.1, -0.05) is 6.07 Å². The molecule has 0 aliphatic rings. The quantitative estimate of drug-likeness (QED) is 0.802. The third kappa shape index (κ3) is 2.94. The molecule has 2 nitrogen and oxygen atoms in total. The number of ether oxygens (including phenoxy) is 1. The number of alkyl halides is 2. The highest BCUT2D eigenvalue weighted by Crippen LogP contribution is 2.41. The highest BCUT2D eigenvalue weighted by Gasteiger charge is 2.35. The van der Waals surface area contributed by atoms with Crippen LogP contribution in [0, 0.1) is 25.2 Å². The fraction of sp³-hybridized carbons (Fsp3) is 0.462. The average Bonchev–Trinajstić information content (AvgIpc) is 2.24. The topological polar surface area (TPSA) is 33.0 Å². The van der Waals surface area contributed by atoms with Gasteiger partial charge in [-0.05, 0) is 31.0 Å². The molecule has 4 heteroatoms. The highest BCUT2D eigenvalue weighted by atomic mass is 19.3. The minimum Gasteiger partial charge on any atom is -0.496 e. The number of hydrogen-bond donors (Lipinski definition) is 0. The number of methoxy groups -OCH3 is 1. The van der Waals surface area contributed by atoms with Crippen molar-refractivity contribution in [2.75, 3.05) is 7.11 Å². The van der Waals surface area contributed by atoms with Crippen molar-refractivity contribution in [1.29, 1.82) is 5.26 Å². The first-order chi connectivity index (χ1) is 7.92. The summed E-state index contributed by atoms with van der Waals surface area (Å²) < 4.78 is 32.9. The first-order valence-corrected chi connectivity index (χ1v) is 5.33. The van der Waals surface area contributed by atoms with E-state index in [0.717, 1.165) is 5.56 Å². The van der Waals surface area contributed by atoms with Crippen molar-refractivity contribution in [3.63, 3.8) is 0 Å². The number of nitrogens with zero attached hydrogens (tertiary/aromatic N) is 1. The van der Waals surface area contributed by atoms with Crippen LogP contribution in [0.3, 0.4) is 0 Å². The number of rotatable bonds is 4. The van der Waals surface area contributed by atoms with E-state index in [4.69, 9.17) is 10.00 Å². The molecule has 0 unspecified atom stereocenters. The monoisotopic (exact) mass is 239 g/mol. The summed E-state index contributed by atoms with van der Waals surface area (Å²) in [7, 11) is 1.37. The van der Waals surface area contributed by atoms with E-state index in [-0.39, 0.29) is 17.7 Å². The molecule has 0 atom stereocenters. The first-order valence-electron chi connectivity index (χ1n) is 5.33. The van der Waals surface area contributed by atoms with Gasteiger partial charge in [0.1, 0.15) is 5.75 Å². The molecular weight excluding hydrogens is 224 g/mol. The summed E-state index contributed by atoms with van der Waals surface area (Å²) in [6.07, 6.45) is -0.659. The van der Waals surface area contributed by atoms with E-state index >= 15 is 0 Å². The van der Waals surface area contributed by atoms with Crippen LogP contribution in [-0.2, 0) is 5.92 Å². The molecule has 1 rings (SSSR count). The fourth-order valence-corrected chi connectivity index (χ4v) is 1.90. The first kappa shape index (κ1) is 13.4. The van der Waals surface area contributed by atoms with E-state index in [1.54, 1.807) is 25.1 Å². The Balaban J connectivity index is 3.25. The van der Waals surface area contributed by atoms with Crippen molar-refractivity contribution in [3.05, 3.63) is 28.8 Å². The average molecular weight is 239 g/mol. The van der Waals surface area contributed by atoms with Crippen LogP contribution in [0.25, 0.3) is 0 Å². The predicted molar refractivity (Wildman–Crippen MR) is 61.2 cm³/mol. The lowest BCUT2D eigenvalue weighted by atomic mass is 9.96. The summed E-state index contributed by atoms with van der Waals surface area (Å²) in [6, 6.07) is 5.02. The Kier molecular flexibility index (Phi) is 4.06. The van der Waals surface area contributed by atoms with Gasteiger partial charge in [0, 0.05) is 12.8 Å². The number of aryl methyl sites for hydroxylation is 2. The zero-order valence-electron chi connectivity index (χ0n) is 10.2. The number of halogens is 2. The van der Waals surface area contributed by atoms with Gasteiger partial charge in [0.2, 0.25) is 0 Å². The molecule has 0 amide bonds. The Labute approximate surface area is 99.8 Å². The molecule has 0 N–H and O–H groups in total. The Bertz CT molecular complexity index is 449. The second kappa shape index (κ2) is 5.13. The molecule has 0 heterocycles. The molecule has 1 aromatic carbocycles. The molecule has 0 fully saturated rings. The SMILES string of the molecule is COc1cc(C)cc(C)c1C(F)(F)CCC#N. The van der Waals surface area contributed by atoms with Gasteiger partial charge in [-0.3, -0.25) is 0 Å². The molecule has 17 heavy (non-hydrogen) atoms. The largest absolute Gasteiger partial charge is 0.496 e. The molecular formula is C13H15F2NO. The maximum Gasteiger partial charge on any atom is 0.278 e. The van der Waals surface area contributed by atoms with Crippen molar-refractivity contribution in [2.45, 2.75) is 32.6 Å². The molecule has 0 radical (unpaired) electrons. The van der Waals surface area contributed by atoms with Crippen molar-refractivity contribution >= 4 is 0 Å². The molecule has 0 saturated heterocycles. The fourth-order valence-electron chi connectivity index (χ4n) is 1.90. The van der Waals surface area contributed by atoms with Gasteiger partial charge in [0.15, 0.2) is 0 Å². The van der Waals surface area contributed by atoms with Gasteiger partial charge in [0.05, 0.1) is 18.7 Å². The molecule has 0 aromatic heterocycles.